The lowest BCUT2D eigenvalue weighted by molar-refractivity contribution is -0.128. The van der Waals surface area contributed by atoms with Crippen LogP contribution in [0.4, 0.5) is 4.79 Å². The third kappa shape index (κ3) is 4.75. The number of nitrogens with zero attached hydrogens (tertiary/aromatic N) is 2. The highest BCUT2D eigenvalue weighted by molar-refractivity contribution is 5.78. The van der Waals surface area contributed by atoms with Crippen LogP contribution in [-0.4, -0.2) is 53.0 Å². The maximum Gasteiger partial charge on any atom is 0.317 e. The van der Waals surface area contributed by atoms with Gasteiger partial charge in [0.15, 0.2) is 0 Å². The van der Waals surface area contributed by atoms with E-state index in [1.807, 2.05) is 52.3 Å². The van der Waals surface area contributed by atoms with E-state index >= 15 is 0 Å². The maximum atomic E-state index is 13.0. The van der Waals surface area contributed by atoms with Crippen LogP contribution in [0.3, 0.4) is 0 Å². The van der Waals surface area contributed by atoms with Crippen LogP contribution >= 0.6 is 0 Å². The van der Waals surface area contributed by atoms with Gasteiger partial charge in [0.25, 0.3) is 0 Å². The fourth-order valence-corrected chi connectivity index (χ4v) is 4.44. The molecule has 2 aromatic rings. The molecule has 2 N–H and O–H groups in total. The van der Waals surface area contributed by atoms with Gasteiger partial charge in [0.05, 0.1) is 6.04 Å². The summed E-state index contributed by atoms with van der Waals surface area (Å²) in [5.74, 6) is 0.848. The molecular formula is C24H29N3O3. The van der Waals surface area contributed by atoms with Crippen LogP contribution in [0.5, 0.6) is 5.75 Å². The zero-order valence-electron chi connectivity index (χ0n) is 17.2. The van der Waals surface area contributed by atoms with Crippen molar-refractivity contribution in [3.8, 4) is 5.75 Å². The van der Waals surface area contributed by atoms with Gasteiger partial charge >= 0.3 is 6.03 Å². The molecule has 2 aliphatic rings. The Morgan fingerprint density at radius 2 is 1.73 bits per heavy atom. The second-order valence-corrected chi connectivity index (χ2v) is 8.21. The first-order valence-electron chi connectivity index (χ1n) is 10.8. The highest BCUT2D eigenvalue weighted by atomic mass is 16.3. The minimum absolute atomic E-state index is 0.0698. The number of phenols is 1. The molecular weight excluding hydrogens is 378 g/mol. The van der Waals surface area contributed by atoms with Gasteiger partial charge < -0.3 is 20.2 Å². The highest BCUT2D eigenvalue weighted by Gasteiger charge is 2.28. The van der Waals surface area contributed by atoms with Gasteiger partial charge in [0.1, 0.15) is 5.75 Å². The second kappa shape index (κ2) is 9.20. The van der Waals surface area contributed by atoms with Crippen molar-refractivity contribution in [2.24, 2.45) is 0 Å². The molecule has 1 unspecified atom stereocenters. The third-order valence-electron chi connectivity index (χ3n) is 6.22. The maximum absolute atomic E-state index is 13.0. The van der Waals surface area contributed by atoms with Crippen molar-refractivity contribution < 1.29 is 14.7 Å². The van der Waals surface area contributed by atoms with E-state index in [1.54, 1.807) is 12.1 Å². The van der Waals surface area contributed by atoms with Crippen LogP contribution < -0.4 is 5.32 Å². The largest absolute Gasteiger partial charge is 0.508 e. The number of nitrogens with one attached hydrogen (secondary N) is 1. The molecule has 0 bridgehead atoms. The first kappa shape index (κ1) is 20.3. The van der Waals surface area contributed by atoms with Crippen molar-refractivity contribution in [3.05, 3.63) is 65.7 Å². The summed E-state index contributed by atoms with van der Waals surface area (Å²) < 4.78 is 0. The number of hydrogen-bond donors (Lipinski definition) is 2. The van der Waals surface area contributed by atoms with Crippen molar-refractivity contribution in [2.75, 3.05) is 26.2 Å². The van der Waals surface area contributed by atoms with Crippen molar-refractivity contribution in [3.63, 3.8) is 0 Å². The zero-order valence-corrected chi connectivity index (χ0v) is 17.2. The van der Waals surface area contributed by atoms with E-state index in [4.69, 9.17) is 0 Å². The Kier molecular flexibility index (Phi) is 6.21. The molecule has 4 rings (SSSR count). The van der Waals surface area contributed by atoms with E-state index in [0.717, 1.165) is 31.4 Å². The number of piperidine rings is 1. The van der Waals surface area contributed by atoms with Gasteiger partial charge in [-0.1, -0.05) is 42.5 Å². The zero-order chi connectivity index (χ0) is 20.9. The summed E-state index contributed by atoms with van der Waals surface area (Å²) in [5, 5.41) is 12.7. The molecule has 2 heterocycles. The lowest BCUT2D eigenvalue weighted by Gasteiger charge is -2.34. The molecule has 30 heavy (non-hydrogen) atoms. The van der Waals surface area contributed by atoms with E-state index in [0.29, 0.717) is 32.0 Å². The molecule has 2 aromatic carbocycles. The smallest absolute Gasteiger partial charge is 0.317 e. The summed E-state index contributed by atoms with van der Waals surface area (Å²) in [6, 6.07) is 17.0. The topological polar surface area (TPSA) is 72.9 Å². The third-order valence-corrected chi connectivity index (χ3v) is 6.22. The normalized spacial score (nSPS) is 18.5. The lowest BCUT2D eigenvalue weighted by Crippen LogP contribution is -2.47. The van der Waals surface area contributed by atoms with Crippen LogP contribution in [0.2, 0.25) is 0 Å². The van der Waals surface area contributed by atoms with Crippen molar-refractivity contribution in [1.29, 1.82) is 0 Å². The Morgan fingerprint density at radius 3 is 2.37 bits per heavy atom. The molecule has 1 atom stereocenters. The molecule has 3 amide bonds. The number of benzene rings is 2. The number of carbonyl (C=O) groups excluding carboxylic acids is 2. The molecule has 0 aliphatic carbocycles. The summed E-state index contributed by atoms with van der Waals surface area (Å²) in [5.41, 5.74) is 2.23. The predicted octanol–water partition coefficient (Wildman–Crippen LogP) is 3.64. The average molecular weight is 408 g/mol. The quantitative estimate of drug-likeness (QED) is 0.795. The fourth-order valence-electron chi connectivity index (χ4n) is 4.44. The van der Waals surface area contributed by atoms with E-state index in [9.17, 15) is 14.7 Å². The minimum atomic E-state index is -0.212. The number of urea groups is 1. The number of hydrogen-bond acceptors (Lipinski definition) is 3. The average Bonchev–Trinajstić information content (AvgIpc) is 3.19. The lowest BCUT2D eigenvalue weighted by atomic mass is 9.89. The number of amides is 3. The second-order valence-electron chi connectivity index (χ2n) is 8.21. The van der Waals surface area contributed by atoms with Crippen LogP contribution in [-0.2, 0) is 4.79 Å². The SMILES string of the molecule is O=C1CCCN1CC(NC(=O)N1CCC(c2ccc(O)cc2)CC1)c1ccccc1. The van der Waals surface area contributed by atoms with E-state index in [2.05, 4.69) is 5.32 Å². The summed E-state index contributed by atoms with van der Waals surface area (Å²) in [6.45, 7) is 2.66. The molecule has 6 nitrogen and oxygen atoms in total. The van der Waals surface area contributed by atoms with Gasteiger partial charge in [0.2, 0.25) is 5.91 Å². The number of phenolic OH excluding ortho intramolecular Hbond substituents is 1. The van der Waals surface area contributed by atoms with Gasteiger partial charge in [-0.15, -0.1) is 0 Å². The minimum Gasteiger partial charge on any atom is -0.508 e. The molecule has 0 radical (unpaired) electrons. The standard InChI is InChI=1S/C24H29N3O3/c28-21-10-8-18(9-11-21)19-12-15-26(16-13-19)24(30)25-22(20-5-2-1-3-6-20)17-27-14-4-7-23(27)29/h1-3,5-6,8-11,19,22,28H,4,7,12-17H2,(H,25,30). The van der Waals surface area contributed by atoms with E-state index < -0.39 is 0 Å². The van der Waals surface area contributed by atoms with Crippen molar-refractivity contribution >= 4 is 11.9 Å². The Hall–Kier alpha value is -3.02. The van der Waals surface area contributed by atoms with Crippen LogP contribution in [0.1, 0.15) is 48.8 Å². The van der Waals surface area contributed by atoms with Crippen LogP contribution in [0, 0.1) is 0 Å². The molecule has 2 fully saturated rings. The molecule has 6 heteroatoms. The van der Waals surface area contributed by atoms with E-state index in [1.165, 1.54) is 5.56 Å². The molecule has 2 aliphatic heterocycles. The van der Waals surface area contributed by atoms with Crippen LogP contribution in [0.25, 0.3) is 0 Å². The van der Waals surface area contributed by atoms with Gasteiger partial charge in [-0.3, -0.25) is 4.79 Å². The van der Waals surface area contributed by atoms with Crippen molar-refractivity contribution in [2.45, 2.75) is 37.6 Å². The molecule has 0 saturated carbocycles. The van der Waals surface area contributed by atoms with Crippen LogP contribution in [0.15, 0.2) is 54.6 Å². The summed E-state index contributed by atoms with van der Waals surface area (Å²) in [4.78, 5) is 28.8. The molecule has 158 valence electrons. The Morgan fingerprint density at radius 1 is 1.03 bits per heavy atom. The van der Waals surface area contributed by atoms with Gasteiger partial charge in [-0.2, -0.15) is 0 Å². The molecule has 0 aromatic heterocycles. The number of rotatable bonds is 5. The fraction of sp³-hybridized carbons (Fsp3) is 0.417. The molecule has 2 saturated heterocycles. The van der Waals surface area contributed by atoms with Crippen molar-refractivity contribution in [1.82, 2.24) is 15.1 Å². The number of likely N-dealkylation sites (tertiary alicyclic amines) is 2. The summed E-state index contributed by atoms with van der Waals surface area (Å²) in [7, 11) is 0. The Balaban J connectivity index is 1.37. The summed E-state index contributed by atoms with van der Waals surface area (Å²) >= 11 is 0. The number of aromatic hydroxyl groups is 1. The highest BCUT2D eigenvalue weighted by Crippen LogP contribution is 2.29. The Bertz CT molecular complexity index is 861. The first-order chi connectivity index (χ1) is 14.6. The predicted molar refractivity (Wildman–Crippen MR) is 115 cm³/mol. The number of carbonyl (C=O) groups is 2. The molecule has 0 spiro atoms. The van der Waals surface area contributed by atoms with Gasteiger partial charge in [-0.25, -0.2) is 4.79 Å². The monoisotopic (exact) mass is 407 g/mol. The van der Waals surface area contributed by atoms with E-state index in [-0.39, 0.29) is 23.7 Å². The summed E-state index contributed by atoms with van der Waals surface area (Å²) in [6.07, 6.45) is 3.29. The first-order valence-corrected chi connectivity index (χ1v) is 10.8. The Labute approximate surface area is 177 Å². The van der Waals surface area contributed by atoms with Gasteiger partial charge in [-0.05, 0) is 48.4 Å². The van der Waals surface area contributed by atoms with Gasteiger partial charge in [0, 0.05) is 32.6 Å².